The number of aromatic nitrogens is 1. The molecule has 0 fully saturated rings. The van der Waals surface area contributed by atoms with Crippen LogP contribution in [0, 0.1) is 0 Å². The predicted octanol–water partition coefficient (Wildman–Crippen LogP) is 4.24. The first-order chi connectivity index (χ1) is 8.13. The fourth-order valence-corrected chi connectivity index (χ4v) is 1.89. The molecule has 94 valence electrons. The summed E-state index contributed by atoms with van der Waals surface area (Å²) >= 11 is 3.41. The van der Waals surface area contributed by atoms with Crippen molar-refractivity contribution in [3.63, 3.8) is 0 Å². The highest BCUT2D eigenvalue weighted by molar-refractivity contribution is 9.10. The highest BCUT2D eigenvalue weighted by Gasteiger charge is 2.11. The lowest BCUT2D eigenvalue weighted by Crippen LogP contribution is -2.23. The summed E-state index contributed by atoms with van der Waals surface area (Å²) in [5.74, 6) is 0. The molecule has 0 aliphatic carbocycles. The van der Waals surface area contributed by atoms with Crippen LogP contribution in [-0.4, -0.2) is 11.5 Å². The molecule has 17 heavy (non-hydrogen) atoms. The van der Waals surface area contributed by atoms with Gasteiger partial charge in [-0.05, 0) is 60.8 Å². The average molecular weight is 297 g/mol. The second kappa shape index (κ2) is 7.62. The first-order valence-electron chi connectivity index (χ1n) is 6.12. The maximum absolute atomic E-state index is 4.47. The van der Waals surface area contributed by atoms with E-state index in [2.05, 4.69) is 52.7 Å². The maximum Gasteiger partial charge on any atom is 0.0574 e. The Balaban J connectivity index is 2.67. The first-order valence-corrected chi connectivity index (χ1v) is 6.92. The number of nitrogens with one attached hydrogen (secondary N) is 1. The summed E-state index contributed by atoms with van der Waals surface area (Å²) < 4.78 is 1.02. The fraction of sp³-hybridized carbons (Fsp3) is 0.500. The Hall–Kier alpha value is -0.670. The standard InChI is InChI=1S/C14H21BrN2/c1-4-9-16-13(7-5-11(2)3)14-8-6-12(15)10-17-14/h6,8,10,13,16H,2,4-5,7,9H2,1,3H3. The Morgan fingerprint density at radius 2 is 2.29 bits per heavy atom. The van der Waals surface area contributed by atoms with Gasteiger partial charge in [0.15, 0.2) is 0 Å². The molecular weight excluding hydrogens is 276 g/mol. The van der Waals surface area contributed by atoms with Crippen molar-refractivity contribution in [1.29, 1.82) is 0 Å². The lowest BCUT2D eigenvalue weighted by atomic mass is 10.0. The molecule has 0 saturated heterocycles. The molecular formula is C14H21BrN2. The third kappa shape index (κ3) is 5.46. The zero-order valence-corrected chi connectivity index (χ0v) is 12.3. The summed E-state index contributed by atoms with van der Waals surface area (Å²) in [5.41, 5.74) is 2.34. The summed E-state index contributed by atoms with van der Waals surface area (Å²) in [6, 6.07) is 4.46. The molecule has 1 rings (SSSR count). The van der Waals surface area contributed by atoms with Crippen LogP contribution >= 0.6 is 15.9 Å². The normalized spacial score (nSPS) is 12.4. The molecule has 3 heteroatoms. The highest BCUT2D eigenvalue weighted by Crippen LogP contribution is 2.20. The van der Waals surface area contributed by atoms with Crippen molar-refractivity contribution < 1.29 is 0 Å². The molecule has 0 amide bonds. The van der Waals surface area contributed by atoms with Crippen LogP contribution in [0.25, 0.3) is 0 Å². The molecule has 0 aromatic carbocycles. The third-order valence-corrected chi connectivity index (χ3v) is 3.08. The van der Waals surface area contributed by atoms with Crippen LogP contribution in [0.1, 0.15) is 44.8 Å². The minimum Gasteiger partial charge on any atom is -0.309 e. The molecule has 0 spiro atoms. The van der Waals surface area contributed by atoms with Gasteiger partial charge >= 0.3 is 0 Å². The Morgan fingerprint density at radius 3 is 2.82 bits per heavy atom. The number of hydrogen-bond acceptors (Lipinski definition) is 2. The zero-order valence-electron chi connectivity index (χ0n) is 10.7. The number of allylic oxidation sites excluding steroid dienone is 1. The molecule has 1 heterocycles. The molecule has 1 atom stereocenters. The highest BCUT2D eigenvalue weighted by atomic mass is 79.9. The van der Waals surface area contributed by atoms with Crippen LogP contribution in [-0.2, 0) is 0 Å². The van der Waals surface area contributed by atoms with Gasteiger partial charge in [-0.2, -0.15) is 0 Å². The van der Waals surface area contributed by atoms with Gasteiger partial charge in [-0.15, -0.1) is 6.58 Å². The van der Waals surface area contributed by atoms with Gasteiger partial charge in [-0.1, -0.05) is 12.5 Å². The molecule has 1 unspecified atom stereocenters. The smallest absolute Gasteiger partial charge is 0.0574 e. The van der Waals surface area contributed by atoms with Crippen molar-refractivity contribution in [2.45, 2.75) is 39.2 Å². The van der Waals surface area contributed by atoms with Crippen LogP contribution in [0.15, 0.2) is 35.0 Å². The summed E-state index contributed by atoms with van der Waals surface area (Å²) in [7, 11) is 0. The predicted molar refractivity (Wildman–Crippen MR) is 77.0 cm³/mol. The molecule has 2 nitrogen and oxygen atoms in total. The number of halogens is 1. The average Bonchev–Trinajstić information content (AvgIpc) is 2.30. The van der Waals surface area contributed by atoms with Crippen LogP contribution in [0.5, 0.6) is 0 Å². The van der Waals surface area contributed by atoms with E-state index in [1.165, 1.54) is 5.57 Å². The van der Waals surface area contributed by atoms with E-state index >= 15 is 0 Å². The van der Waals surface area contributed by atoms with Crippen LogP contribution in [0.2, 0.25) is 0 Å². The topological polar surface area (TPSA) is 24.9 Å². The van der Waals surface area contributed by atoms with Crippen molar-refractivity contribution in [2.24, 2.45) is 0 Å². The lowest BCUT2D eigenvalue weighted by Gasteiger charge is -2.18. The first kappa shape index (κ1) is 14.4. The van der Waals surface area contributed by atoms with Gasteiger partial charge in [0, 0.05) is 16.7 Å². The number of nitrogens with zero attached hydrogens (tertiary/aromatic N) is 1. The Morgan fingerprint density at radius 1 is 1.53 bits per heavy atom. The van der Waals surface area contributed by atoms with Gasteiger partial charge in [-0.25, -0.2) is 0 Å². The van der Waals surface area contributed by atoms with E-state index in [0.29, 0.717) is 6.04 Å². The summed E-state index contributed by atoms with van der Waals surface area (Å²) in [6.07, 6.45) is 5.10. The summed E-state index contributed by atoms with van der Waals surface area (Å²) in [5, 5.41) is 3.54. The Labute approximate surface area is 113 Å². The monoisotopic (exact) mass is 296 g/mol. The minimum absolute atomic E-state index is 0.333. The Kier molecular flexibility index (Phi) is 6.45. The quantitative estimate of drug-likeness (QED) is 0.761. The van der Waals surface area contributed by atoms with E-state index in [0.717, 1.165) is 36.0 Å². The van der Waals surface area contributed by atoms with E-state index in [1.807, 2.05) is 12.3 Å². The van der Waals surface area contributed by atoms with E-state index in [-0.39, 0.29) is 0 Å². The molecule has 0 radical (unpaired) electrons. The molecule has 0 saturated carbocycles. The second-order valence-corrected chi connectivity index (χ2v) is 5.32. The van der Waals surface area contributed by atoms with Crippen molar-refractivity contribution in [2.75, 3.05) is 6.54 Å². The Bertz CT molecular complexity index is 346. The number of hydrogen-bond donors (Lipinski definition) is 1. The number of pyridine rings is 1. The molecule has 1 aromatic heterocycles. The molecule has 1 N–H and O–H groups in total. The van der Waals surface area contributed by atoms with Gasteiger partial charge in [0.2, 0.25) is 0 Å². The van der Waals surface area contributed by atoms with E-state index in [1.54, 1.807) is 0 Å². The second-order valence-electron chi connectivity index (χ2n) is 4.40. The zero-order chi connectivity index (χ0) is 12.7. The largest absolute Gasteiger partial charge is 0.309 e. The van der Waals surface area contributed by atoms with Crippen LogP contribution in [0.3, 0.4) is 0 Å². The molecule has 0 bridgehead atoms. The van der Waals surface area contributed by atoms with Crippen molar-refractivity contribution in [1.82, 2.24) is 10.3 Å². The van der Waals surface area contributed by atoms with Crippen molar-refractivity contribution in [3.05, 3.63) is 40.6 Å². The fourth-order valence-electron chi connectivity index (χ4n) is 1.66. The summed E-state index contributed by atoms with van der Waals surface area (Å²) in [6.45, 7) is 9.24. The molecule has 0 aliphatic heterocycles. The number of rotatable bonds is 7. The van der Waals surface area contributed by atoms with Crippen molar-refractivity contribution >= 4 is 15.9 Å². The van der Waals surface area contributed by atoms with Gasteiger partial charge in [0.05, 0.1) is 5.69 Å². The van der Waals surface area contributed by atoms with Gasteiger partial charge < -0.3 is 5.32 Å². The van der Waals surface area contributed by atoms with Crippen LogP contribution in [0.4, 0.5) is 0 Å². The minimum atomic E-state index is 0.333. The van der Waals surface area contributed by atoms with E-state index in [9.17, 15) is 0 Å². The van der Waals surface area contributed by atoms with Gasteiger partial charge in [-0.3, -0.25) is 4.98 Å². The van der Waals surface area contributed by atoms with E-state index in [4.69, 9.17) is 0 Å². The van der Waals surface area contributed by atoms with Gasteiger partial charge in [0.1, 0.15) is 0 Å². The van der Waals surface area contributed by atoms with Crippen LogP contribution < -0.4 is 5.32 Å². The SMILES string of the molecule is C=C(C)CCC(NCCC)c1ccc(Br)cn1. The third-order valence-electron chi connectivity index (χ3n) is 2.61. The van der Waals surface area contributed by atoms with E-state index < -0.39 is 0 Å². The van der Waals surface area contributed by atoms with Crippen molar-refractivity contribution in [3.8, 4) is 0 Å². The maximum atomic E-state index is 4.47. The summed E-state index contributed by atoms with van der Waals surface area (Å²) in [4.78, 5) is 4.47. The molecule has 0 aliphatic rings. The van der Waals surface area contributed by atoms with Gasteiger partial charge in [0.25, 0.3) is 0 Å². The lowest BCUT2D eigenvalue weighted by molar-refractivity contribution is 0.488. The molecule has 1 aromatic rings.